The summed E-state index contributed by atoms with van der Waals surface area (Å²) < 4.78 is 5.49. The van der Waals surface area contributed by atoms with E-state index in [0.29, 0.717) is 18.8 Å². The molecule has 168 valence electrons. The molecule has 2 heterocycles. The fourth-order valence-corrected chi connectivity index (χ4v) is 5.19. The summed E-state index contributed by atoms with van der Waals surface area (Å²) >= 11 is 1.52. The molecule has 3 amide bonds. The molecule has 0 unspecified atom stereocenters. The van der Waals surface area contributed by atoms with E-state index in [9.17, 15) is 14.4 Å². The maximum atomic E-state index is 13.4. The van der Waals surface area contributed by atoms with Gasteiger partial charge >= 0.3 is 6.09 Å². The molecule has 1 aliphatic carbocycles. The Hall–Kier alpha value is -2.22. The van der Waals surface area contributed by atoms with Crippen molar-refractivity contribution in [1.29, 1.82) is 0 Å². The van der Waals surface area contributed by atoms with Crippen LogP contribution in [0.4, 0.5) is 10.5 Å². The number of hydrogen-bond donors (Lipinski definition) is 0. The van der Waals surface area contributed by atoms with Crippen LogP contribution in [0.3, 0.4) is 0 Å². The summed E-state index contributed by atoms with van der Waals surface area (Å²) in [5.41, 5.74) is 0.312. The molecular weight excluding hydrogens is 414 g/mol. The van der Waals surface area contributed by atoms with E-state index < -0.39 is 5.60 Å². The Morgan fingerprint density at radius 2 is 1.74 bits per heavy atom. The molecule has 1 saturated heterocycles. The summed E-state index contributed by atoms with van der Waals surface area (Å²) in [6, 6.07) is 8.12. The summed E-state index contributed by atoms with van der Waals surface area (Å²) in [4.78, 5) is 44.7. The van der Waals surface area contributed by atoms with Gasteiger partial charge in [0.1, 0.15) is 12.1 Å². The van der Waals surface area contributed by atoms with Crippen molar-refractivity contribution in [3.8, 4) is 0 Å². The molecule has 8 heteroatoms. The minimum absolute atomic E-state index is 0.00766. The van der Waals surface area contributed by atoms with Crippen LogP contribution < -0.4 is 4.90 Å². The lowest BCUT2D eigenvalue weighted by molar-refractivity contribution is -0.134. The zero-order valence-corrected chi connectivity index (χ0v) is 19.3. The number of para-hydroxylation sites is 1. The van der Waals surface area contributed by atoms with E-state index in [4.69, 9.17) is 4.74 Å². The van der Waals surface area contributed by atoms with Gasteiger partial charge in [0.15, 0.2) is 0 Å². The van der Waals surface area contributed by atoms with Crippen molar-refractivity contribution < 1.29 is 19.1 Å². The number of ether oxygens (including phenoxy) is 1. The molecule has 0 spiro atoms. The number of carbonyl (C=O) groups excluding carboxylic acids is 3. The fourth-order valence-electron chi connectivity index (χ4n) is 4.26. The van der Waals surface area contributed by atoms with E-state index in [0.717, 1.165) is 36.3 Å². The van der Waals surface area contributed by atoms with E-state index in [1.807, 2.05) is 49.9 Å². The first-order chi connectivity index (χ1) is 14.7. The van der Waals surface area contributed by atoms with Crippen molar-refractivity contribution in [2.45, 2.75) is 69.0 Å². The Morgan fingerprint density at radius 3 is 2.39 bits per heavy atom. The van der Waals surface area contributed by atoms with Crippen molar-refractivity contribution in [2.24, 2.45) is 0 Å². The molecule has 4 rings (SSSR count). The van der Waals surface area contributed by atoms with Crippen LogP contribution in [0, 0.1) is 0 Å². The largest absolute Gasteiger partial charge is 0.444 e. The lowest BCUT2D eigenvalue weighted by atomic mass is 10.0. The van der Waals surface area contributed by atoms with Gasteiger partial charge in [-0.15, -0.1) is 11.8 Å². The normalized spacial score (nSPS) is 19.8. The van der Waals surface area contributed by atoms with E-state index in [2.05, 4.69) is 0 Å². The third kappa shape index (κ3) is 5.17. The van der Waals surface area contributed by atoms with Crippen molar-refractivity contribution in [1.82, 2.24) is 9.80 Å². The van der Waals surface area contributed by atoms with Gasteiger partial charge in [0.05, 0.1) is 11.4 Å². The molecular formula is C23H31N3O4S. The predicted octanol–water partition coefficient (Wildman–Crippen LogP) is 3.52. The standard InChI is InChI=1S/C23H31N3O4S/c1-23(2,3)30-22(29)24-12-10-17(11-13-24)26(16-8-9-16)20(27)14-25-18-6-4-5-7-19(18)31-15-21(25)28/h4-7,16-17H,8-15H2,1-3H3. The Balaban J connectivity index is 1.41. The van der Waals surface area contributed by atoms with Crippen LogP contribution >= 0.6 is 11.8 Å². The number of rotatable bonds is 4. The van der Waals surface area contributed by atoms with Gasteiger partial charge in [0.25, 0.3) is 0 Å². The van der Waals surface area contributed by atoms with Crippen LogP contribution in [0.5, 0.6) is 0 Å². The average Bonchev–Trinajstić information content (AvgIpc) is 3.54. The third-order valence-electron chi connectivity index (χ3n) is 5.84. The zero-order chi connectivity index (χ0) is 22.2. The van der Waals surface area contributed by atoms with Gasteiger partial charge in [-0.05, 0) is 58.6 Å². The maximum Gasteiger partial charge on any atom is 0.410 e. The molecule has 1 saturated carbocycles. The number of fused-ring (bicyclic) bond motifs is 1. The first-order valence-corrected chi connectivity index (χ1v) is 12.0. The average molecular weight is 446 g/mol. The highest BCUT2D eigenvalue weighted by Gasteiger charge is 2.40. The quantitative estimate of drug-likeness (QED) is 0.709. The molecule has 0 bridgehead atoms. The predicted molar refractivity (Wildman–Crippen MR) is 120 cm³/mol. The van der Waals surface area contributed by atoms with Gasteiger partial charge in [-0.2, -0.15) is 0 Å². The Labute approximate surface area is 188 Å². The van der Waals surface area contributed by atoms with Crippen LogP contribution in [-0.4, -0.2) is 70.8 Å². The van der Waals surface area contributed by atoms with Crippen LogP contribution in [0.15, 0.2) is 29.2 Å². The van der Waals surface area contributed by atoms with Crippen molar-refractivity contribution in [3.05, 3.63) is 24.3 Å². The Kier molecular flexibility index (Phi) is 6.19. The van der Waals surface area contributed by atoms with Gasteiger partial charge in [0, 0.05) is 30.1 Å². The highest BCUT2D eigenvalue weighted by atomic mass is 32.2. The number of piperidine rings is 1. The summed E-state index contributed by atoms with van der Waals surface area (Å²) in [5.74, 6) is 0.350. The molecule has 2 fully saturated rings. The van der Waals surface area contributed by atoms with E-state index in [1.165, 1.54) is 11.8 Å². The van der Waals surface area contributed by atoms with Gasteiger partial charge in [-0.25, -0.2) is 4.79 Å². The summed E-state index contributed by atoms with van der Waals surface area (Å²) in [6.07, 6.45) is 3.21. The Bertz CT molecular complexity index is 857. The number of carbonyl (C=O) groups is 3. The topological polar surface area (TPSA) is 70.2 Å². The van der Waals surface area contributed by atoms with Gasteiger partial charge in [-0.1, -0.05) is 12.1 Å². The zero-order valence-electron chi connectivity index (χ0n) is 18.5. The van der Waals surface area contributed by atoms with Crippen LogP contribution in [0.1, 0.15) is 46.5 Å². The molecule has 1 aromatic carbocycles. The minimum atomic E-state index is -0.514. The summed E-state index contributed by atoms with van der Waals surface area (Å²) in [7, 11) is 0. The van der Waals surface area contributed by atoms with Crippen molar-refractivity contribution in [3.63, 3.8) is 0 Å². The SMILES string of the molecule is CC(C)(C)OC(=O)N1CCC(N(C(=O)CN2C(=O)CSc3ccccc32)C2CC2)CC1. The van der Waals surface area contributed by atoms with Gasteiger partial charge in [0.2, 0.25) is 11.8 Å². The van der Waals surface area contributed by atoms with E-state index >= 15 is 0 Å². The van der Waals surface area contributed by atoms with E-state index in [1.54, 1.807) is 9.80 Å². The summed E-state index contributed by atoms with van der Waals surface area (Å²) in [6.45, 7) is 6.84. The molecule has 0 N–H and O–H groups in total. The monoisotopic (exact) mass is 445 g/mol. The van der Waals surface area contributed by atoms with Gasteiger partial charge < -0.3 is 19.4 Å². The molecule has 3 aliphatic rings. The molecule has 2 aliphatic heterocycles. The maximum absolute atomic E-state index is 13.4. The van der Waals surface area contributed by atoms with Crippen LogP contribution in [0.25, 0.3) is 0 Å². The first-order valence-electron chi connectivity index (χ1n) is 11.0. The van der Waals surface area contributed by atoms with Crippen molar-refractivity contribution >= 4 is 35.4 Å². The second-order valence-corrected chi connectivity index (χ2v) is 10.5. The van der Waals surface area contributed by atoms with Crippen molar-refractivity contribution in [2.75, 3.05) is 30.3 Å². The highest BCUT2D eigenvalue weighted by Crippen LogP contribution is 2.36. The molecule has 7 nitrogen and oxygen atoms in total. The molecule has 1 aromatic rings. The molecule has 31 heavy (non-hydrogen) atoms. The third-order valence-corrected chi connectivity index (χ3v) is 6.89. The lowest BCUT2D eigenvalue weighted by Gasteiger charge is -2.40. The summed E-state index contributed by atoms with van der Waals surface area (Å²) in [5, 5.41) is 0. The number of likely N-dealkylation sites (tertiary alicyclic amines) is 1. The molecule has 0 radical (unpaired) electrons. The number of anilines is 1. The smallest absolute Gasteiger partial charge is 0.410 e. The van der Waals surface area contributed by atoms with Gasteiger partial charge in [-0.3, -0.25) is 9.59 Å². The second kappa shape index (κ2) is 8.73. The number of thioether (sulfide) groups is 1. The second-order valence-electron chi connectivity index (χ2n) is 9.47. The Morgan fingerprint density at radius 1 is 1.10 bits per heavy atom. The molecule has 0 aromatic heterocycles. The number of benzene rings is 1. The number of nitrogens with zero attached hydrogens (tertiary/aromatic N) is 3. The van der Waals surface area contributed by atoms with Crippen LogP contribution in [-0.2, 0) is 14.3 Å². The number of amides is 3. The van der Waals surface area contributed by atoms with E-state index in [-0.39, 0.29) is 36.5 Å². The lowest BCUT2D eigenvalue weighted by Crippen LogP contribution is -2.53. The first kappa shape index (κ1) is 22.0. The number of hydrogen-bond acceptors (Lipinski definition) is 5. The van der Waals surface area contributed by atoms with Crippen LogP contribution in [0.2, 0.25) is 0 Å². The minimum Gasteiger partial charge on any atom is -0.444 e. The highest BCUT2D eigenvalue weighted by molar-refractivity contribution is 8.00. The fraction of sp³-hybridized carbons (Fsp3) is 0.609. The molecule has 0 atom stereocenters.